The lowest BCUT2D eigenvalue weighted by atomic mass is 9.97. The van der Waals surface area contributed by atoms with Gasteiger partial charge >= 0.3 is 0 Å². The lowest BCUT2D eigenvalue weighted by Gasteiger charge is -2.29. The second-order valence-corrected chi connectivity index (χ2v) is 4.53. The molecular weight excluding hydrogens is 214 g/mol. The molecule has 5 nitrogen and oxygen atoms in total. The molecule has 2 heterocycles. The second-order valence-electron chi connectivity index (χ2n) is 4.53. The third-order valence-corrected chi connectivity index (χ3v) is 3.18. The first-order valence-corrected chi connectivity index (χ1v) is 5.92. The number of nitrogens with one attached hydrogen (secondary N) is 1. The highest BCUT2D eigenvalue weighted by molar-refractivity contribution is 5.33. The second kappa shape index (κ2) is 5.60. The van der Waals surface area contributed by atoms with Crippen LogP contribution < -0.4 is 5.32 Å². The van der Waals surface area contributed by atoms with E-state index in [0.29, 0.717) is 11.6 Å². The number of anilines is 1. The van der Waals surface area contributed by atoms with Crippen LogP contribution in [0.4, 0.5) is 5.82 Å². The van der Waals surface area contributed by atoms with Crippen LogP contribution in [0.15, 0.2) is 12.4 Å². The van der Waals surface area contributed by atoms with Gasteiger partial charge in [-0.05, 0) is 38.9 Å². The fourth-order valence-corrected chi connectivity index (χ4v) is 1.99. The van der Waals surface area contributed by atoms with Gasteiger partial charge in [0.05, 0.1) is 12.4 Å². The maximum atomic E-state index is 8.61. The molecule has 0 aliphatic carbocycles. The van der Waals surface area contributed by atoms with Gasteiger partial charge in [0.1, 0.15) is 11.9 Å². The van der Waals surface area contributed by atoms with Crippen molar-refractivity contribution in [1.82, 2.24) is 14.9 Å². The first kappa shape index (κ1) is 11.8. The maximum absolute atomic E-state index is 8.61. The van der Waals surface area contributed by atoms with Gasteiger partial charge < -0.3 is 10.2 Å². The molecule has 0 spiro atoms. The van der Waals surface area contributed by atoms with Gasteiger partial charge in [0, 0.05) is 6.54 Å². The molecule has 2 rings (SSSR count). The van der Waals surface area contributed by atoms with Crippen LogP contribution in [0.25, 0.3) is 0 Å². The minimum Gasteiger partial charge on any atom is -0.369 e. The SMILES string of the molecule is CN1CCC(CNc2cnc(C#N)cn2)CC1. The Morgan fingerprint density at radius 1 is 1.41 bits per heavy atom. The summed E-state index contributed by atoms with van der Waals surface area (Å²) in [5.74, 6) is 1.46. The van der Waals surface area contributed by atoms with Gasteiger partial charge in [0.2, 0.25) is 0 Å². The standard InChI is InChI=1S/C12H17N5/c1-17-4-2-10(3-5-17)7-15-12-9-14-11(6-13)8-16-12/h8-10H,2-5,7H2,1H3,(H,15,16). The van der Waals surface area contributed by atoms with Crippen molar-refractivity contribution in [2.45, 2.75) is 12.8 Å². The van der Waals surface area contributed by atoms with E-state index in [4.69, 9.17) is 5.26 Å². The molecule has 1 aromatic rings. The highest BCUT2D eigenvalue weighted by Crippen LogP contribution is 2.16. The van der Waals surface area contributed by atoms with Crippen LogP contribution >= 0.6 is 0 Å². The summed E-state index contributed by atoms with van der Waals surface area (Å²) in [6.45, 7) is 3.28. The fraction of sp³-hybridized carbons (Fsp3) is 0.583. The molecule has 1 saturated heterocycles. The van der Waals surface area contributed by atoms with Crippen molar-refractivity contribution >= 4 is 5.82 Å². The predicted octanol–water partition coefficient (Wildman–Crippen LogP) is 1.10. The van der Waals surface area contributed by atoms with E-state index < -0.39 is 0 Å². The third-order valence-electron chi connectivity index (χ3n) is 3.18. The number of nitriles is 1. The molecule has 1 fully saturated rings. The normalized spacial score (nSPS) is 17.6. The fourth-order valence-electron chi connectivity index (χ4n) is 1.99. The molecule has 5 heteroatoms. The Kier molecular flexibility index (Phi) is 3.89. The number of nitrogens with zero attached hydrogens (tertiary/aromatic N) is 4. The van der Waals surface area contributed by atoms with E-state index in [1.807, 2.05) is 6.07 Å². The lowest BCUT2D eigenvalue weighted by Crippen LogP contribution is -2.33. The summed E-state index contributed by atoms with van der Waals surface area (Å²) in [7, 11) is 2.16. The van der Waals surface area contributed by atoms with E-state index in [1.165, 1.54) is 32.1 Å². The molecule has 90 valence electrons. The summed E-state index contributed by atoms with van der Waals surface area (Å²) in [5.41, 5.74) is 0.356. The largest absolute Gasteiger partial charge is 0.369 e. The average Bonchev–Trinajstić information content (AvgIpc) is 2.39. The summed E-state index contributed by atoms with van der Waals surface area (Å²) in [5, 5.41) is 11.9. The van der Waals surface area contributed by atoms with E-state index in [-0.39, 0.29) is 0 Å². The quantitative estimate of drug-likeness (QED) is 0.844. The number of piperidine rings is 1. The molecule has 0 radical (unpaired) electrons. The molecular formula is C12H17N5. The zero-order valence-electron chi connectivity index (χ0n) is 10.1. The Hall–Kier alpha value is -1.67. The van der Waals surface area contributed by atoms with Gasteiger partial charge in [-0.15, -0.1) is 0 Å². The number of hydrogen-bond donors (Lipinski definition) is 1. The zero-order valence-corrected chi connectivity index (χ0v) is 10.1. The predicted molar refractivity (Wildman–Crippen MR) is 65.5 cm³/mol. The summed E-state index contributed by atoms with van der Waals surface area (Å²) < 4.78 is 0. The third kappa shape index (κ3) is 3.40. The van der Waals surface area contributed by atoms with Crippen molar-refractivity contribution in [2.24, 2.45) is 5.92 Å². The summed E-state index contributed by atoms with van der Waals surface area (Å²) in [4.78, 5) is 10.5. The highest BCUT2D eigenvalue weighted by Gasteiger charge is 2.16. The van der Waals surface area contributed by atoms with Gasteiger partial charge in [-0.1, -0.05) is 0 Å². The van der Waals surface area contributed by atoms with Gasteiger partial charge in [-0.2, -0.15) is 5.26 Å². The van der Waals surface area contributed by atoms with Crippen LogP contribution in [0.2, 0.25) is 0 Å². The Balaban J connectivity index is 1.79. The van der Waals surface area contributed by atoms with Crippen LogP contribution in [0.5, 0.6) is 0 Å². The summed E-state index contributed by atoms with van der Waals surface area (Å²) in [6, 6.07) is 1.96. The number of hydrogen-bond acceptors (Lipinski definition) is 5. The molecule has 1 aliphatic rings. The van der Waals surface area contributed by atoms with E-state index in [0.717, 1.165) is 12.4 Å². The molecule has 1 aliphatic heterocycles. The maximum Gasteiger partial charge on any atom is 0.158 e. The monoisotopic (exact) mass is 231 g/mol. The molecule has 0 unspecified atom stereocenters. The van der Waals surface area contributed by atoms with Gasteiger partial charge in [0.25, 0.3) is 0 Å². The first-order chi connectivity index (χ1) is 8.28. The molecule has 0 aromatic carbocycles. The number of rotatable bonds is 3. The van der Waals surface area contributed by atoms with Crippen molar-refractivity contribution in [2.75, 3.05) is 32.0 Å². The molecule has 1 aromatic heterocycles. The van der Waals surface area contributed by atoms with Gasteiger partial charge in [0.15, 0.2) is 5.69 Å². The first-order valence-electron chi connectivity index (χ1n) is 5.92. The Labute approximate surface area is 101 Å². The van der Waals surface area contributed by atoms with E-state index in [1.54, 1.807) is 6.20 Å². The summed E-state index contributed by atoms with van der Waals surface area (Å²) in [6.07, 6.45) is 5.57. The number of aromatic nitrogens is 2. The molecule has 17 heavy (non-hydrogen) atoms. The van der Waals surface area contributed by atoms with E-state index in [9.17, 15) is 0 Å². The van der Waals surface area contributed by atoms with Crippen LogP contribution in [-0.4, -0.2) is 41.5 Å². The van der Waals surface area contributed by atoms with E-state index in [2.05, 4.69) is 27.2 Å². The van der Waals surface area contributed by atoms with Crippen LogP contribution in [0, 0.1) is 17.2 Å². The number of likely N-dealkylation sites (tertiary alicyclic amines) is 1. The highest BCUT2D eigenvalue weighted by atomic mass is 15.1. The van der Waals surface area contributed by atoms with Gasteiger partial charge in [-0.3, -0.25) is 0 Å². The lowest BCUT2D eigenvalue weighted by molar-refractivity contribution is 0.226. The molecule has 1 N–H and O–H groups in total. The van der Waals surface area contributed by atoms with Crippen molar-refractivity contribution < 1.29 is 0 Å². The minimum atomic E-state index is 0.356. The zero-order chi connectivity index (χ0) is 12.1. The molecule has 0 saturated carbocycles. The van der Waals surface area contributed by atoms with Crippen molar-refractivity contribution in [3.05, 3.63) is 18.1 Å². The minimum absolute atomic E-state index is 0.356. The topological polar surface area (TPSA) is 64.8 Å². The van der Waals surface area contributed by atoms with Crippen LogP contribution in [-0.2, 0) is 0 Å². The Bertz CT molecular complexity index is 386. The Morgan fingerprint density at radius 2 is 2.18 bits per heavy atom. The van der Waals surface area contributed by atoms with Crippen molar-refractivity contribution in [3.63, 3.8) is 0 Å². The average molecular weight is 231 g/mol. The smallest absolute Gasteiger partial charge is 0.158 e. The Morgan fingerprint density at radius 3 is 2.76 bits per heavy atom. The van der Waals surface area contributed by atoms with Crippen LogP contribution in [0.1, 0.15) is 18.5 Å². The van der Waals surface area contributed by atoms with Crippen molar-refractivity contribution in [1.29, 1.82) is 5.26 Å². The van der Waals surface area contributed by atoms with Crippen LogP contribution in [0.3, 0.4) is 0 Å². The van der Waals surface area contributed by atoms with Crippen molar-refractivity contribution in [3.8, 4) is 6.07 Å². The van der Waals surface area contributed by atoms with Gasteiger partial charge in [-0.25, -0.2) is 9.97 Å². The van der Waals surface area contributed by atoms with E-state index >= 15 is 0 Å². The summed E-state index contributed by atoms with van der Waals surface area (Å²) >= 11 is 0. The molecule has 0 bridgehead atoms. The molecule has 0 amide bonds. The molecule has 0 atom stereocenters.